The van der Waals surface area contributed by atoms with Gasteiger partial charge in [0.25, 0.3) is 0 Å². The Morgan fingerprint density at radius 3 is 2.73 bits per heavy atom. The number of amides is 1. The highest BCUT2D eigenvalue weighted by Gasteiger charge is 2.31. The van der Waals surface area contributed by atoms with Gasteiger partial charge in [0.2, 0.25) is 11.9 Å². The molecule has 1 N–H and O–H groups in total. The zero-order valence-electron chi connectivity index (χ0n) is 12.3. The van der Waals surface area contributed by atoms with Crippen molar-refractivity contribution in [3.63, 3.8) is 0 Å². The van der Waals surface area contributed by atoms with E-state index in [-0.39, 0.29) is 11.8 Å². The van der Waals surface area contributed by atoms with Crippen molar-refractivity contribution in [3.05, 3.63) is 28.2 Å². The van der Waals surface area contributed by atoms with Crippen molar-refractivity contribution in [2.24, 2.45) is 10.9 Å². The van der Waals surface area contributed by atoms with E-state index < -0.39 is 0 Å². The van der Waals surface area contributed by atoms with Crippen LogP contribution in [0.3, 0.4) is 0 Å². The van der Waals surface area contributed by atoms with Crippen LogP contribution in [0, 0.1) is 5.92 Å². The largest absolute Gasteiger partial charge is 0.325 e. The SMILES string of the molecule is O=C(C1CCCCC1)N1CCN=C1Nc1ccc(Cl)cc1Cl. The second-order valence-corrected chi connectivity index (χ2v) is 6.62. The standard InChI is InChI=1S/C16H19Cl2N3O/c17-12-6-7-14(13(18)10-12)20-16-19-8-9-21(16)15(22)11-4-2-1-3-5-11/h6-7,10-11H,1-5,8-9H2,(H,19,20). The van der Waals surface area contributed by atoms with E-state index in [2.05, 4.69) is 10.3 Å². The van der Waals surface area contributed by atoms with Crippen LogP contribution in [-0.4, -0.2) is 29.9 Å². The summed E-state index contributed by atoms with van der Waals surface area (Å²) < 4.78 is 0. The lowest BCUT2D eigenvalue weighted by molar-refractivity contribution is -0.132. The lowest BCUT2D eigenvalue weighted by Crippen LogP contribution is -2.42. The second-order valence-electron chi connectivity index (χ2n) is 5.78. The van der Waals surface area contributed by atoms with Crippen LogP contribution in [0.1, 0.15) is 32.1 Å². The van der Waals surface area contributed by atoms with Crippen LogP contribution in [0.25, 0.3) is 0 Å². The van der Waals surface area contributed by atoms with Crippen molar-refractivity contribution in [2.75, 3.05) is 18.4 Å². The Balaban J connectivity index is 1.71. The highest BCUT2D eigenvalue weighted by atomic mass is 35.5. The number of benzene rings is 1. The maximum Gasteiger partial charge on any atom is 0.232 e. The Labute approximate surface area is 140 Å². The van der Waals surface area contributed by atoms with E-state index in [0.717, 1.165) is 25.7 Å². The molecule has 22 heavy (non-hydrogen) atoms. The maximum absolute atomic E-state index is 12.7. The number of nitrogens with one attached hydrogen (secondary N) is 1. The van der Waals surface area contributed by atoms with Gasteiger partial charge in [-0.1, -0.05) is 42.5 Å². The summed E-state index contributed by atoms with van der Waals surface area (Å²) in [5.41, 5.74) is 0.716. The number of hydrogen-bond donors (Lipinski definition) is 1. The zero-order valence-corrected chi connectivity index (χ0v) is 13.8. The Morgan fingerprint density at radius 2 is 2.00 bits per heavy atom. The lowest BCUT2D eigenvalue weighted by atomic mass is 9.88. The molecule has 6 heteroatoms. The number of rotatable bonds is 2. The average Bonchev–Trinajstić information content (AvgIpc) is 2.98. The smallest absolute Gasteiger partial charge is 0.232 e. The second kappa shape index (κ2) is 6.88. The molecule has 1 heterocycles. The summed E-state index contributed by atoms with van der Waals surface area (Å²) in [5.74, 6) is 0.924. The minimum absolute atomic E-state index is 0.138. The predicted molar refractivity (Wildman–Crippen MR) is 90.7 cm³/mol. The molecule has 1 aromatic carbocycles. The molecule has 3 rings (SSSR count). The first-order valence-electron chi connectivity index (χ1n) is 7.73. The quantitative estimate of drug-likeness (QED) is 0.878. The molecule has 1 fully saturated rings. The van der Waals surface area contributed by atoms with E-state index in [4.69, 9.17) is 23.2 Å². The molecule has 0 aromatic heterocycles. The number of carbonyl (C=O) groups excluding carboxylic acids is 1. The van der Waals surface area contributed by atoms with Gasteiger partial charge in [-0.05, 0) is 31.0 Å². The molecule has 1 amide bonds. The highest BCUT2D eigenvalue weighted by molar-refractivity contribution is 6.36. The normalized spacial score (nSPS) is 19.2. The van der Waals surface area contributed by atoms with Crippen molar-refractivity contribution < 1.29 is 4.79 Å². The number of aliphatic imine (C=N–C) groups is 1. The number of guanidine groups is 1. The summed E-state index contributed by atoms with van der Waals surface area (Å²) in [6.45, 7) is 1.27. The van der Waals surface area contributed by atoms with Crippen LogP contribution in [0.5, 0.6) is 0 Å². The molecular weight excluding hydrogens is 321 g/mol. The zero-order chi connectivity index (χ0) is 15.5. The van der Waals surface area contributed by atoms with Gasteiger partial charge in [0.05, 0.1) is 17.3 Å². The monoisotopic (exact) mass is 339 g/mol. The molecule has 0 unspecified atom stereocenters. The fourth-order valence-electron chi connectivity index (χ4n) is 3.05. The van der Waals surface area contributed by atoms with E-state index in [9.17, 15) is 4.79 Å². The molecule has 0 saturated heterocycles. The molecule has 0 atom stereocenters. The fraction of sp³-hybridized carbons (Fsp3) is 0.500. The number of carbonyl (C=O) groups is 1. The number of nitrogens with zero attached hydrogens (tertiary/aromatic N) is 2. The third kappa shape index (κ3) is 3.39. The lowest BCUT2D eigenvalue weighted by Gasteiger charge is -2.27. The van der Waals surface area contributed by atoms with E-state index in [1.165, 1.54) is 6.42 Å². The highest BCUT2D eigenvalue weighted by Crippen LogP contribution is 2.28. The van der Waals surface area contributed by atoms with E-state index >= 15 is 0 Å². The van der Waals surface area contributed by atoms with Gasteiger partial charge in [-0.15, -0.1) is 0 Å². The summed E-state index contributed by atoms with van der Waals surface area (Å²) in [5, 5.41) is 4.27. The summed E-state index contributed by atoms with van der Waals surface area (Å²) >= 11 is 12.1. The van der Waals surface area contributed by atoms with Gasteiger partial charge < -0.3 is 5.32 Å². The number of anilines is 1. The van der Waals surface area contributed by atoms with Gasteiger partial charge in [0.1, 0.15) is 0 Å². The van der Waals surface area contributed by atoms with Gasteiger partial charge >= 0.3 is 0 Å². The molecular formula is C16H19Cl2N3O. The van der Waals surface area contributed by atoms with Crippen LogP contribution in [0.15, 0.2) is 23.2 Å². The van der Waals surface area contributed by atoms with Gasteiger partial charge in [-0.2, -0.15) is 0 Å². The van der Waals surface area contributed by atoms with Crippen LogP contribution >= 0.6 is 23.2 Å². The summed E-state index contributed by atoms with van der Waals surface area (Å²) in [7, 11) is 0. The van der Waals surface area contributed by atoms with Gasteiger partial charge in [0, 0.05) is 17.5 Å². The summed E-state index contributed by atoms with van der Waals surface area (Å²) in [6.07, 6.45) is 5.51. The Kier molecular flexibility index (Phi) is 4.89. The Bertz CT molecular complexity index is 597. The topological polar surface area (TPSA) is 44.7 Å². The Hall–Kier alpha value is -1.26. The van der Waals surface area contributed by atoms with Crippen LogP contribution in [-0.2, 0) is 4.79 Å². The van der Waals surface area contributed by atoms with Gasteiger partial charge in [0.15, 0.2) is 0 Å². The van der Waals surface area contributed by atoms with Crippen molar-refractivity contribution >= 4 is 40.8 Å². The molecule has 0 spiro atoms. The summed E-state index contributed by atoms with van der Waals surface area (Å²) in [6, 6.07) is 5.24. The molecule has 118 valence electrons. The first-order chi connectivity index (χ1) is 10.6. The third-order valence-electron chi connectivity index (χ3n) is 4.24. The number of hydrogen-bond acceptors (Lipinski definition) is 3. The average molecular weight is 340 g/mol. The van der Waals surface area contributed by atoms with Crippen molar-refractivity contribution in [2.45, 2.75) is 32.1 Å². The molecule has 1 aromatic rings. The third-order valence-corrected chi connectivity index (χ3v) is 4.79. The fourth-order valence-corrected chi connectivity index (χ4v) is 3.51. The Morgan fingerprint density at radius 1 is 1.23 bits per heavy atom. The minimum Gasteiger partial charge on any atom is -0.325 e. The first kappa shape index (κ1) is 15.6. The molecule has 1 aliphatic carbocycles. The molecule has 4 nitrogen and oxygen atoms in total. The van der Waals surface area contributed by atoms with Gasteiger partial charge in [-0.3, -0.25) is 14.7 Å². The molecule has 2 aliphatic rings. The van der Waals surface area contributed by atoms with Crippen LogP contribution < -0.4 is 5.32 Å². The van der Waals surface area contributed by atoms with Crippen LogP contribution in [0.4, 0.5) is 5.69 Å². The van der Waals surface area contributed by atoms with Crippen LogP contribution in [0.2, 0.25) is 10.0 Å². The molecule has 1 saturated carbocycles. The van der Waals surface area contributed by atoms with E-state index in [1.54, 1.807) is 23.1 Å². The predicted octanol–water partition coefficient (Wildman–Crippen LogP) is 4.18. The maximum atomic E-state index is 12.7. The molecule has 1 aliphatic heterocycles. The minimum atomic E-state index is 0.138. The summed E-state index contributed by atoms with van der Waals surface area (Å²) in [4.78, 5) is 18.9. The van der Waals surface area contributed by atoms with Crippen molar-refractivity contribution in [1.29, 1.82) is 0 Å². The molecule has 0 bridgehead atoms. The first-order valence-corrected chi connectivity index (χ1v) is 8.48. The van der Waals surface area contributed by atoms with E-state index in [0.29, 0.717) is 34.8 Å². The van der Waals surface area contributed by atoms with E-state index in [1.807, 2.05) is 0 Å². The number of halogens is 2. The van der Waals surface area contributed by atoms with Crippen molar-refractivity contribution in [1.82, 2.24) is 4.90 Å². The molecule has 0 radical (unpaired) electrons. The van der Waals surface area contributed by atoms with Gasteiger partial charge in [-0.25, -0.2) is 0 Å². The van der Waals surface area contributed by atoms with Crippen molar-refractivity contribution in [3.8, 4) is 0 Å².